The number of benzene rings is 1. The van der Waals surface area contributed by atoms with Crippen molar-refractivity contribution in [1.29, 1.82) is 0 Å². The number of rotatable bonds is 9. The molecule has 1 aromatic rings. The van der Waals surface area contributed by atoms with Gasteiger partial charge in [-0.25, -0.2) is 0 Å². The lowest BCUT2D eigenvalue weighted by Crippen LogP contribution is -2.21. The van der Waals surface area contributed by atoms with E-state index >= 15 is 0 Å². The number of carbonyl (C=O) groups excluding carboxylic acids is 1. The molecule has 0 aliphatic heterocycles. The van der Waals surface area contributed by atoms with Crippen LogP contribution in [0, 0.1) is 5.92 Å². The number of unbranched alkanes of at least 4 members (excludes halogenated alkanes) is 3. The molecule has 3 heteroatoms. The first-order valence-electron chi connectivity index (χ1n) is 9.07. The molecular weight excluding hydrogens is 288 g/mol. The van der Waals surface area contributed by atoms with E-state index in [1.165, 1.54) is 31.2 Å². The summed E-state index contributed by atoms with van der Waals surface area (Å²) in [5.41, 5.74) is 1.17. The first-order valence-corrected chi connectivity index (χ1v) is 9.07. The van der Waals surface area contributed by atoms with Gasteiger partial charge >= 0.3 is 0 Å². The van der Waals surface area contributed by atoms with Crippen LogP contribution in [-0.2, 0) is 11.2 Å². The number of methoxy groups -OCH3 is 1. The topological polar surface area (TPSA) is 35.5 Å². The molecule has 1 saturated carbocycles. The molecule has 0 spiro atoms. The number of Topliss-reactive ketones (excluding diaryl/α,β-unsaturated/α-hetero) is 1. The SMILES string of the molecule is CCCCCCOc1ccc(CC2CCCCC2=O)cc1OC. The normalized spacial score (nSPS) is 18.0. The highest BCUT2D eigenvalue weighted by atomic mass is 16.5. The van der Waals surface area contributed by atoms with Crippen LogP contribution in [0.15, 0.2) is 18.2 Å². The predicted molar refractivity (Wildman–Crippen MR) is 93.3 cm³/mol. The second kappa shape index (κ2) is 9.59. The van der Waals surface area contributed by atoms with Crippen molar-refractivity contribution in [1.82, 2.24) is 0 Å². The van der Waals surface area contributed by atoms with Crippen LogP contribution < -0.4 is 9.47 Å². The van der Waals surface area contributed by atoms with E-state index in [0.29, 0.717) is 5.78 Å². The minimum Gasteiger partial charge on any atom is -0.493 e. The van der Waals surface area contributed by atoms with Gasteiger partial charge in [0.05, 0.1) is 13.7 Å². The Morgan fingerprint density at radius 1 is 1.13 bits per heavy atom. The first-order chi connectivity index (χ1) is 11.2. The molecule has 0 saturated heterocycles. The van der Waals surface area contributed by atoms with Crippen molar-refractivity contribution in [3.63, 3.8) is 0 Å². The smallest absolute Gasteiger partial charge is 0.161 e. The summed E-state index contributed by atoms with van der Waals surface area (Å²) in [6.07, 6.45) is 9.61. The van der Waals surface area contributed by atoms with Crippen LogP contribution in [0.1, 0.15) is 63.9 Å². The van der Waals surface area contributed by atoms with Gasteiger partial charge in [-0.15, -0.1) is 0 Å². The summed E-state index contributed by atoms with van der Waals surface area (Å²) in [5.74, 6) is 2.20. The minimum absolute atomic E-state index is 0.189. The molecule has 1 atom stereocenters. The summed E-state index contributed by atoms with van der Waals surface area (Å²) in [6, 6.07) is 6.09. The quantitative estimate of drug-likeness (QED) is 0.604. The monoisotopic (exact) mass is 318 g/mol. The third-order valence-electron chi connectivity index (χ3n) is 4.65. The van der Waals surface area contributed by atoms with Gasteiger partial charge in [0.25, 0.3) is 0 Å². The van der Waals surface area contributed by atoms with Crippen LogP contribution in [0.25, 0.3) is 0 Å². The van der Waals surface area contributed by atoms with Crippen LogP contribution in [0.5, 0.6) is 11.5 Å². The molecule has 1 aliphatic rings. The van der Waals surface area contributed by atoms with Crippen LogP contribution >= 0.6 is 0 Å². The van der Waals surface area contributed by atoms with E-state index in [0.717, 1.165) is 50.2 Å². The van der Waals surface area contributed by atoms with Gasteiger partial charge in [-0.05, 0) is 43.4 Å². The van der Waals surface area contributed by atoms with E-state index in [2.05, 4.69) is 13.0 Å². The molecule has 0 bridgehead atoms. The van der Waals surface area contributed by atoms with Gasteiger partial charge in [-0.1, -0.05) is 38.7 Å². The average Bonchev–Trinajstić information content (AvgIpc) is 2.57. The fourth-order valence-electron chi connectivity index (χ4n) is 3.22. The van der Waals surface area contributed by atoms with E-state index in [1.54, 1.807) is 7.11 Å². The molecule has 1 aromatic carbocycles. The molecule has 3 nitrogen and oxygen atoms in total. The molecule has 1 aliphatic carbocycles. The highest BCUT2D eigenvalue weighted by Crippen LogP contribution is 2.31. The highest BCUT2D eigenvalue weighted by molar-refractivity contribution is 5.81. The van der Waals surface area contributed by atoms with Crippen molar-refractivity contribution < 1.29 is 14.3 Å². The van der Waals surface area contributed by atoms with Crippen LogP contribution in [0.2, 0.25) is 0 Å². The standard InChI is InChI=1S/C20H30O3/c1-3-4-5-8-13-23-19-12-11-16(15-20(19)22-2)14-17-9-6-7-10-18(17)21/h11-12,15,17H,3-10,13-14H2,1-2H3. The van der Waals surface area contributed by atoms with Crippen molar-refractivity contribution in [2.75, 3.05) is 13.7 Å². The van der Waals surface area contributed by atoms with Gasteiger partial charge < -0.3 is 9.47 Å². The van der Waals surface area contributed by atoms with Gasteiger partial charge in [-0.3, -0.25) is 4.79 Å². The summed E-state index contributed by atoms with van der Waals surface area (Å²) >= 11 is 0. The van der Waals surface area contributed by atoms with Crippen molar-refractivity contribution in [2.45, 2.75) is 64.7 Å². The Morgan fingerprint density at radius 3 is 2.74 bits per heavy atom. The summed E-state index contributed by atoms with van der Waals surface area (Å²) in [4.78, 5) is 12.0. The Bertz CT molecular complexity index is 496. The fourth-order valence-corrected chi connectivity index (χ4v) is 3.22. The zero-order valence-electron chi connectivity index (χ0n) is 14.6. The lowest BCUT2D eigenvalue weighted by atomic mass is 9.84. The average molecular weight is 318 g/mol. The first kappa shape index (κ1) is 17.8. The summed E-state index contributed by atoms with van der Waals surface area (Å²) in [6.45, 7) is 2.94. The van der Waals surface area contributed by atoms with Crippen molar-refractivity contribution in [2.24, 2.45) is 5.92 Å². The zero-order valence-corrected chi connectivity index (χ0v) is 14.6. The number of hydrogen-bond donors (Lipinski definition) is 0. The maximum atomic E-state index is 12.0. The van der Waals surface area contributed by atoms with Crippen LogP contribution in [0.3, 0.4) is 0 Å². The lowest BCUT2D eigenvalue weighted by molar-refractivity contribution is -0.124. The molecule has 23 heavy (non-hydrogen) atoms. The number of carbonyl (C=O) groups is 1. The number of ether oxygens (including phenoxy) is 2. The van der Waals surface area contributed by atoms with Gasteiger partial charge in [-0.2, -0.15) is 0 Å². The van der Waals surface area contributed by atoms with Gasteiger partial charge in [0.2, 0.25) is 0 Å². The second-order valence-corrected chi connectivity index (χ2v) is 6.51. The predicted octanol–water partition coefficient (Wildman–Crippen LogP) is 4.96. The maximum Gasteiger partial charge on any atom is 0.161 e. The second-order valence-electron chi connectivity index (χ2n) is 6.51. The Hall–Kier alpha value is -1.51. The summed E-state index contributed by atoms with van der Waals surface area (Å²) < 4.78 is 11.3. The largest absolute Gasteiger partial charge is 0.493 e. The van der Waals surface area contributed by atoms with E-state index in [-0.39, 0.29) is 5.92 Å². The van der Waals surface area contributed by atoms with Crippen LogP contribution in [-0.4, -0.2) is 19.5 Å². The van der Waals surface area contributed by atoms with E-state index in [9.17, 15) is 4.79 Å². The molecule has 1 fully saturated rings. The van der Waals surface area contributed by atoms with Crippen molar-refractivity contribution >= 4 is 5.78 Å². The Balaban J connectivity index is 1.91. The summed E-state index contributed by atoms with van der Waals surface area (Å²) in [5, 5.41) is 0. The lowest BCUT2D eigenvalue weighted by Gasteiger charge is -2.21. The van der Waals surface area contributed by atoms with E-state index in [4.69, 9.17) is 9.47 Å². The molecule has 0 radical (unpaired) electrons. The van der Waals surface area contributed by atoms with Crippen molar-refractivity contribution in [3.8, 4) is 11.5 Å². The van der Waals surface area contributed by atoms with Gasteiger partial charge in [0.15, 0.2) is 11.5 Å². The van der Waals surface area contributed by atoms with Gasteiger partial charge in [0, 0.05) is 12.3 Å². The Kier molecular flexibility index (Phi) is 7.44. The zero-order chi connectivity index (χ0) is 16.5. The molecule has 0 heterocycles. The third-order valence-corrected chi connectivity index (χ3v) is 4.65. The summed E-state index contributed by atoms with van der Waals surface area (Å²) in [7, 11) is 1.68. The maximum absolute atomic E-state index is 12.0. The van der Waals surface area contributed by atoms with Crippen molar-refractivity contribution in [3.05, 3.63) is 23.8 Å². The fraction of sp³-hybridized carbons (Fsp3) is 0.650. The Labute approximate surface area is 140 Å². The van der Waals surface area contributed by atoms with Crippen LogP contribution in [0.4, 0.5) is 0 Å². The van der Waals surface area contributed by atoms with E-state index in [1.807, 2.05) is 12.1 Å². The molecule has 0 amide bonds. The molecular formula is C20H30O3. The molecule has 128 valence electrons. The number of hydrogen-bond acceptors (Lipinski definition) is 3. The Morgan fingerprint density at radius 2 is 2.00 bits per heavy atom. The molecule has 0 aromatic heterocycles. The molecule has 0 N–H and O–H groups in total. The molecule has 1 unspecified atom stereocenters. The minimum atomic E-state index is 0.189. The number of ketones is 1. The van der Waals surface area contributed by atoms with E-state index < -0.39 is 0 Å². The third kappa shape index (κ3) is 5.56. The van der Waals surface area contributed by atoms with Gasteiger partial charge in [0.1, 0.15) is 5.78 Å². The molecule has 2 rings (SSSR count). The highest BCUT2D eigenvalue weighted by Gasteiger charge is 2.22.